The van der Waals surface area contributed by atoms with E-state index in [1.54, 1.807) is 12.3 Å². The van der Waals surface area contributed by atoms with Crippen LogP contribution in [0, 0.1) is 0 Å². The molecule has 0 radical (unpaired) electrons. The van der Waals surface area contributed by atoms with Crippen LogP contribution < -0.4 is 11.1 Å². The monoisotopic (exact) mass is 292 g/mol. The third-order valence-electron chi connectivity index (χ3n) is 3.46. The van der Waals surface area contributed by atoms with Gasteiger partial charge >= 0.3 is 0 Å². The molecule has 0 aromatic carbocycles. The number of fused-ring (bicyclic) bond motifs is 1. The lowest BCUT2D eigenvalue weighted by Crippen LogP contribution is -2.47. The summed E-state index contributed by atoms with van der Waals surface area (Å²) in [5.74, 6) is -0.134. The highest BCUT2D eigenvalue weighted by molar-refractivity contribution is 7.21. The Hall–Kier alpha value is -1.73. The fourth-order valence-corrected chi connectivity index (χ4v) is 3.29. The van der Waals surface area contributed by atoms with Gasteiger partial charge in [0.15, 0.2) is 0 Å². The minimum atomic E-state index is -0.134. The van der Waals surface area contributed by atoms with Gasteiger partial charge in [0.25, 0.3) is 5.91 Å². The molecular weight excluding hydrogens is 276 g/mol. The standard InChI is InChI=1S/C13H16N4O2S/c1-2-19-8-5-7(6-8)16-12(18)11-10(14)9-3-4-15-17-13(9)20-11/h3-4,7-8H,2,5-6,14H2,1H3,(H,16,18). The number of nitrogen functional groups attached to an aromatic ring is 1. The Balaban J connectivity index is 1.69. The molecule has 0 atom stereocenters. The fourth-order valence-electron chi connectivity index (χ4n) is 2.35. The van der Waals surface area contributed by atoms with E-state index in [1.165, 1.54) is 11.3 Å². The maximum atomic E-state index is 12.2. The molecule has 1 aliphatic rings. The molecule has 3 rings (SSSR count). The van der Waals surface area contributed by atoms with Crippen LogP contribution in [-0.4, -0.2) is 34.9 Å². The van der Waals surface area contributed by atoms with Crippen LogP contribution in [0.15, 0.2) is 12.3 Å². The normalized spacial score (nSPS) is 21.6. The van der Waals surface area contributed by atoms with Gasteiger partial charge in [0.2, 0.25) is 0 Å². The second-order valence-electron chi connectivity index (χ2n) is 4.81. The molecule has 7 heteroatoms. The van der Waals surface area contributed by atoms with E-state index in [9.17, 15) is 4.79 Å². The van der Waals surface area contributed by atoms with Gasteiger partial charge < -0.3 is 15.8 Å². The maximum Gasteiger partial charge on any atom is 0.263 e. The number of nitrogens with two attached hydrogens (primary N) is 1. The van der Waals surface area contributed by atoms with E-state index in [1.807, 2.05) is 6.92 Å². The Morgan fingerprint density at radius 3 is 3.10 bits per heavy atom. The number of thiophene rings is 1. The van der Waals surface area contributed by atoms with Crippen molar-refractivity contribution in [3.05, 3.63) is 17.1 Å². The first kappa shape index (κ1) is 13.3. The molecular formula is C13H16N4O2S. The second-order valence-corrected chi connectivity index (χ2v) is 5.81. The summed E-state index contributed by atoms with van der Waals surface area (Å²) >= 11 is 1.28. The van der Waals surface area contributed by atoms with Crippen LogP contribution in [0.3, 0.4) is 0 Å². The zero-order valence-electron chi connectivity index (χ0n) is 11.1. The molecule has 0 aliphatic heterocycles. The average molecular weight is 292 g/mol. The molecule has 0 bridgehead atoms. The van der Waals surface area contributed by atoms with E-state index < -0.39 is 0 Å². The van der Waals surface area contributed by atoms with Gasteiger partial charge in [0.1, 0.15) is 9.71 Å². The second kappa shape index (κ2) is 5.34. The summed E-state index contributed by atoms with van der Waals surface area (Å²) in [6, 6.07) is 1.95. The van der Waals surface area contributed by atoms with Crippen molar-refractivity contribution >= 4 is 33.1 Å². The molecule has 0 unspecified atom stereocenters. The van der Waals surface area contributed by atoms with Crippen molar-refractivity contribution in [2.75, 3.05) is 12.3 Å². The van der Waals surface area contributed by atoms with Crippen molar-refractivity contribution in [3.63, 3.8) is 0 Å². The zero-order valence-corrected chi connectivity index (χ0v) is 11.9. The smallest absolute Gasteiger partial charge is 0.263 e. The summed E-state index contributed by atoms with van der Waals surface area (Å²) in [7, 11) is 0. The Morgan fingerprint density at radius 1 is 1.60 bits per heavy atom. The van der Waals surface area contributed by atoms with Crippen LogP contribution in [0.2, 0.25) is 0 Å². The van der Waals surface area contributed by atoms with E-state index >= 15 is 0 Å². The van der Waals surface area contributed by atoms with Gasteiger partial charge in [0.05, 0.1) is 18.0 Å². The average Bonchev–Trinajstić information content (AvgIpc) is 2.74. The van der Waals surface area contributed by atoms with Crippen molar-refractivity contribution in [2.24, 2.45) is 0 Å². The van der Waals surface area contributed by atoms with Crippen LogP contribution in [-0.2, 0) is 4.74 Å². The van der Waals surface area contributed by atoms with Crippen LogP contribution in [0.5, 0.6) is 0 Å². The number of hydrogen-bond acceptors (Lipinski definition) is 6. The lowest BCUT2D eigenvalue weighted by Gasteiger charge is -2.35. The highest BCUT2D eigenvalue weighted by atomic mass is 32.1. The number of amides is 1. The maximum absolute atomic E-state index is 12.2. The number of rotatable bonds is 4. The van der Waals surface area contributed by atoms with Gasteiger partial charge in [-0.15, -0.1) is 16.4 Å². The van der Waals surface area contributed by atoms with Crippen molar-refractivity contribution in [3.8, 4) is 0 Å². The summed E-state index contributed by atoms with van der Waals surface area (Å²) in [5, 5.41) is 11.6. The lowest BCUT2D eigenvalue weighted by molar-refractivity contribution is -0.00858. The Labute approximate surface area is 120 Å². The summed E-state index contributed by atoms with van der Waals surface area (Å²) in [6.07, 6.45) is 3.58. The third-order valence-corrected chi connectivity index (χ3v) is 4.56. The van der Waals surface area contributed by atoms with E-state index in [0.717, 1.165) is 18.2 Å². The highest BCUT2D eigenvalue weighted by Crippen LogP contribution is 2.32. The number of nitrogens with one attached hydrogen (secondary N) is 1. The Morgan fingerprint density at radius 2 is 2.40 bits per heavy atom. The molecule has 6 nitrogen and oxygen atoms in total. The summed E-state index contributed by atoms with van der Waals surface area (Å²) in [6.45, 7) is 2.69. The zero-order chi connectivity index (χ0) is 14.1. The van der Waals surface area contributed by atoms with Crippen molar-refractivity contribution in [2.45, 2.75) is 31.9 Å². The third kappa shape index (κ3) is 2.34. The SMILES string of the molecule is CCOC1CC(NC(=O)c2sc3nnccc3c2N)C1. The molecule has 1 saturated carbocycles. The quantitative estimate of drug-likeness (QED) is 0.892. The van der Waals surface area contributed by atoms with Gasteiger partial charge in [-0.1, -0.05) is 0 Å². The van der Waals surface area contributed by atoms with E-state index in [2.05, 4.69) is 15.5 Å². The van der Waals surface area contributed by atoms with E-state index in [4.69, 9.17) is 10.5 Å². The number of aromatic nitrogens is 2. The van der Waals surface area contributed by atoms with Gasteiger partial charge in [-0.25, -0.2) is 0 Å². The molecule has 20 heavy (non-hydrogen) atoms. The largest absolute Gasteiger partial charge is 0.397 e. The number of anilines is 1. The topological polar surface area (TPSA) is 90.1 Å². The van der Waals surface area contributed by atoms with Crippen LogP contribution in [0.1, 0.15) is 29.4 Å². The van der Waals surface area contributed by atoms with Crippen molar-refractivity contribution in [1.29, 1.82) is 0 Å². The number of carbonyl (C=O) groups excluding carboxylic acids is 1. The van der Waals surface area contributed by atoms with Gasteiger partial charge in [-0.05, 0) is 25.8 Å². The molecule has 1 aliphatic carbocycles. The molecule has 0 spiro atoms. The summed E-state index contributed by atoms with van der Waals surface area (Å²) < 4.78 is 5.48. The molecule has 2 aromatic rings. The van der Waals surface area contributed by atoms with Crippen LogP contribution in [0.25, 0.3) is 10.2 Å². The molecule has 2 heterocycles. The molecule has 1 amide bonds. The predicted molar refractivity (Wildman–Crippen MR) is 77.7 cm³/mol. The van der Waals surface area contributed by atoms with E-state index in [0.29, 0.717) is 22.0 Å². The minimum Gasteiger partial charge on any atom is -0.397 e. The summed E-state index contributed by atoms with van der Waals surface area (Å²) in [5.41, 5.74) is 6.49. The number of carbonyl (C=O) groups is 1. The van der Waals surface area contributed by atoms with Gasteiger partial charge in [0, 0.05) is 18.0 Å². The molecule has 1 fully saturated rings. The molecule has 3 N–H and O–H groups in total. The lowest BCUT2D eigenvalue weighted by atomic mass is 9.89. The van der Waals surface area contributed by atoms with Gasteiger partial charge in [-0.3, -0.25) is 4.79 Å². The first-order chi connectivity index (χ1) is 9.69. The van der Waals surface area contributed by atoms with Crippen molar-refractivity contribution < 1.29 is 9.53 Å². The molecule has 106 valence electrons. The number of hydrogen-bond donors (Lipinski definition) is 2. The molecule has 2 aromatic heterocycles. The Kier molecular flexibility index (Phi) is 3.54. The highest BCUT2D eigenvalue weighted by Gasteiger charge is 2.31. The molecule has 0 saturated heterocycles. The van der Waals surface area contributed by atoms with Crippen molar-refractivity contribution in [1.82, 2.24) is 15.5 Å². The van der Waals surface area contributed by atoms with E-state index in [-0.39, 0.29) is 18.1 Å². The summed E-state index contributed by atoms with van der Waals surface area (Å²) in [4.78, 5) is 13.4. The number of ether oxygens (including phenoxy) is 1. The fraction of sp³-hybridized carbons (Fsp3) is 0.462. The van der Waals surface area contributed by atoms with Crippen LogP contribution in [0.4, 0.5) is 5.69 Å². The first-order valence-corrected chi connectivity index (χ1v) is 7.42. The minimum absolute atomic E-state index is 0.134. The number of nitrogens with zero attached hydrogens (tertiary/aromatic N) is 2. The predicted octanol–water partition coefficient (Wildman–Crippen LogP) is 1.57. The van der Waals surface area contributed by atoms with Crippen LogP contribution >= 0.6 is 11.3 Å². The van der Waals surface area contributed by atoms with Gasteiger partial charge in [-0.2, -0.15) is 5.10 Å². The first-order valence-electron chi connectivity index (χ1n) is 6.61. The Bertz CT molecular complexity index is 636.